The Kier molecular flexibility index (Phi) is 6.74. The van der Waals surface area contributed by atoms with E-state index in [9.17, 15) is 13.2 Å². The zero-order chi connectivity index (χ0) is 20.1. The maximum absolute atomic E-state index is 13.2. The Balaban J connectivity index is 1.92. The molecule has 0 unspecified atom stereocenters. The molecule has 0 atom stereocenters. The summed E-state index contributed by atoms with van der Waals surface area (Å²) in [4.78, 5) is 12.7. The van der Waals surface area contributed by atoms with Crippen LogP contribution >= 0.6 is 15.9 Å². The van der Waals surface area contributed by atoms with Gasteiger partial charge in [-0.15, -0.1) is 0 Å². The number of carbonyl (C=O) groups is 1. The molecule has 150 valence electrons. The third kappa shape index (κ3) is 4.74. The maximum Gasteiger partial charge on any atom is 0.255 e. The number of nitrogens with zero attached hydrogens (tertiary/aromatic N) is 1. The topological polar surface area (TPSA) is 75.7 Å². The van der Waals surface area contributed by atoms with E-state index in [1.165, 1.54) is 23.5 Å². The standard InChI is InChI=1S/C20H23BrN2O4S/c1-27-18-10-9-15(20(24)22-17-8-6-7-16(21)14-17)13-19(18)28(25,26)23-11-4-2-3-5-12-23/h6-10,13-14H,2-5,11-12H2,1H3,(H,22,24). The van der Waals surface area contributed by atoms with Gasteiger partial charge in [0.1, 0.15) is 10.6 Å². The van der Waals surface area contributed by atoms with Gasteiger partial charge < -0.3 is 10.1 Å². The molecule has 0 spiro atoms. The second-order valence-corrected chi connectivity index (χ2v) is 9.47. The fourth-order valence-corrected chi connectivity index (χ4v) is 5.31. The van der Waals surface area contributed by atoms with Crippen LogP contribution in [0, 0.1) is 0 Å². The zero-order valence-electron chi connectivity index (χ0n) is 15.7. The van der Waals surface area contributed by atoms with Crippen molar-refractivity contribution in [2.45, 2.75) is 30.6 Å². The van der Waals surface area contributed by atoms with Crippen molar-refractivity contribution >= 4 is 37.5 Å². The SMILES string of the molecule is COc1ccc(C(=O)Nc2cccc(Br)c2)cc1S(=O)(=O)N1CCCCCC1. The number of carbonyl (C=O) groups excluding carboxylic acids is 1. The molecular formula is C20H23BrN2O4S. The summed E-state index contributed by atoms with van der Waals surface area (Å²) in [6, 6.07) is 11.7. The van der Waals surface area contributed by atoms with Crippen molar-refractivity contribution in [3.8, 4) is 5.75 Å². The van der Waals surface area contributed by atoms with Crippen molar-refractivity contribution < 1.29 is 17.9 Å². The Morgan fingerprint density at radius 1 is 1.07 bits per heavy atom. The van der Waals surface area contributed by atoms with Gasteiger partial charge in [0.25, 0.3) is 5.91 Å². The molecule has 1 heterocycles. The lowest BCUT2D eigenvalue weighted by Crippen LogP contribution is -2.32. The number of sulfonamides is 1. The Morgan fingerprint density at radius 2 is 1.79 bits per heavy atom. The first kappa shape index (κ1) is 20.8. The number of hydrogen-bond acceptors (Lipinski definition) is 4. The molecule has 1 saturated heterocycles. The fourth-order valence-electron chi connectivity index (χ4n) is 3.21. The molecule has 28 heavy (non-hydrogen) atoms. The van der Waals surface area contributed by atoms with Gasteiger partial charge in [-0.1, -0.05) is 34.8 Å². The Bertz CT molecular complexity index is 954. The molecule has 1 N–H and O–H groups in total. The lowest BCUT2D eigenvalue weighted by atomic mass is 10.2. The number of nitrogens with one attached hydrogen (secondary N) is 1. The first-order chi connectivity index (χ1) is 13.4. The Hall–Kier alpha value is -1.90. The number of anilines is 1. The molecule has 2 aromatic carbocycles. The van der Waals surface area contributed by atoms with E-state index < -0.39 is 10.0 Å². The van der Waals surface area contributed by atoms with Gasteiger partial charge in [-0.2, -0.15) is 4.31 Å². The number of methoxy groups -OCH3 is 1. The van der Waals surface area contributed by atoms with E-state index >= 15 is 0 Å². The third-order valence-corrected chi connectivity index (χ3v) is 7.10. The molecule has 1 aliphatic rings. The lowest BCUT2D eigenvalue weighted by molar-refractivity contribution is 0.102. The zero-order valence-corrected chi connectivity index (χ0v) is 18.1. The predicted molar refractivity (Wildman–Crippen MR) is 112 cm³/mol. The summed E-state index contributed by atoms with van der Waals surface area (Å²) in [7, 11) is -2.31. The van der Waals surface area contributed by atoms with E-state index in [-0.39, 0.29) is 22.1 Å². The van der Waals surface area contributed by atoms with Gasteiger partial charge in [0.2, 0.25) is 10.0 Å². The van der Waals surface area contributed by atoms with Crippen LogP contribution in [0.25, 0.3) is 0 Å². The van der Waals surface area contributed by atoms with Crippen LogP contribution in [-0.4, -0.2) is 38.8 Å². The quantitative estimate of drug-likeness (QED) is 0.713. The van der Waals surface area contributed by atoms with Gasteiger partial charge in [0.15, 0.2) is 0 Å². The molecule has 8 heteroatoms. The molecule has 3 rings (SSSR count). The van der Waals surface area contributed by atoms with Crippen molar-refractivity contribution in [3.63, 3.8) is 0 Å². The van der Waals surface area contributed by atoms with Crippen molar-refractivity contribution in [3.05, 3.63) is 52.5 Å². The van der Waals surface area contributed by atoms with Crippen molar-refractivity contribution in [1.82, 2.24) is 4.31 Å². The van der Waals surface area contributed by atoms with Crippen LogP contribution in [0.15, 0.2) is 51.8 Å². The van der Waals surface area contributed by atoms with Crippen LogP contribution in [0.1, 0.15) is 36.0 Å². The maximum atomic E-state index is 13.2. The lowest BCUT2D eigenvalue weighted by Gasteiger charge is -2.21. The van der Waals surface area contributed by atoms with Crippen LogP contribution in [0.4, 0.5) is 5.69 Å². The van der Waals surface area contributed by atoms with Gasteiger partial charge in [-0.05, 0) is 49.2 Å². The first-order valence-electron chi connectivity index (χ1n) is 9.17. The number of hydrogen-bond donors (Lipinski definition) is 1. The highest BCUT2D eigenvalue weighted by atomic mass is 79.9. The summed E-state index contributed by atoms with van der Waals surface area (Å²) >= 11 is 3.36. The van der Waals surface area contributed by atoms with Gasteiger partial charge in [0, 0.05) is 28.8 Å². The van der Waals surface area contributed by atoms with Crippen molar-refractivity contribution in [2.75, 3.05) is 25.5 Å². The molecule has 0 saturated carbocycles. The minimum atomic E-state index is -3.74. The van der Waals surface area contributed by atoms with Crippen LogP contribution in [-0.2, 0) is 10.0 Å². The molecule has 1 aliphatic heterocycles. The summed E-state index contributed by atoms with van der Waals surface area (Å²) in [6.45, 7) is 0.972. The van der Waals surface area contributed by atoms with E-state index in [1.807, 2.05) is 12.1 Å². The molecule has 1 fully saturated rings. The van der Waals surface area contributed by atoms with E-state index in [0.717, 1.165) is 30.2 Å². The average Bonchev–Trinajstić information content (AvgIpc) is 2.97. The normalized spacial score (nSPS) is 15.6. The fraction of sp³-hybridized carbons (Fsp3) is 0.350. The molecule has 0 bridgehead atoms. The van der Waals surface area contributed by atoms with Crippen LogP contribution in [0.3, 0.4) is 0 Å². The second kappa shape index (κ2) is 9.07. The van der Waals surface area contributed by atoms with Gasteiger partial charge in [-0.25, -0.2) is 8.42 Å². The van der Waals surface area contributed by atoms with E-state index in [4.69, 9.17) is 4.74 Å². The molecule has 6 nitrogen and oxygen atoms in total. The Morgan fingerprint density at radius 3 is 2.43 bits per heavy atom. The van der Waals surface area contributed by atoms with E-state index in [1.54, 1.807) is 18.2 Å². The monoisotopic (exact) mass is 466 g/mol. The van der Waals surface area contributed by atoms with E-state index in [2.05, 4.69) is 21.2 Å². The van der Waals surface area contributed by atoms with Crippen molar-refractivity contribution in [2.24, 2.45) is 0 Å². The number of benzene rings is 2. The van der Waals surface area contributed by atoms with E-state index in [0.29, 0.717) is 18.8 Å². The van der Waals surface area contributed by atoms with Crippen LogP contribution in [0.5, 0.6) is 5.75 Å². The van der Waals surface area contributed by atoms with Gasteiger partial charge >= 0.3 is 0 Å². The first-order valence-corrected chi connectivity index (χ1v) is 11.4. The minimum absolute atomic E-state index is 0.0267. The van der Waals surface area contributed by atoms with Crippen LogP contribution in [0.2, 0.25) is 0 Å². The van der Waals surface area contributed by atoms with Gasteiger partial charge in [0.05, 0.1) is 7.11 Å². The highest BCUT2D eigenvalue weighted by Gasteiger charge is 2.29. The summed E-state index contributed by atoms with van der Waals surface area (Å²) in [5.74, 6) is -0.142. The molecule has 0 aliphatic carbocycles. The Labute approximate surface area is 174 Å². The average molecular weight is 467 g/mol. The molecule has 0 aromatic heterocycles. The number of ether oxygens (including phenoxy) is 1. The molecular weight excluding hydrogens is 444 g/mol. The highest BCUT2D eigenvalue weighted by molar-refractivity contribution is 9.10. The predicted octanol–water partition coefficient (Wildman–Crippen LogP) is 4.27. The third-order valence-electron chi connectivity index (χ3n) is 4.69. The van der Waals surface area contributed by atoms with Gasteiger partial charge in [-0.3, -0.25) is 4.79 Å². The second-order valence-electron chi connectivity index (χ2n) is 6.65. The molecule has 1 amide bonds. The van der Waals surface area contributed by atoms with Crippen LogP contribution < -0.4 is 10.1 Å². The largest absolute Gasteiger partial charge is 0.495 e. The number of rotatable bonds is 5. The molecule has 0 radical (unpaired) electrons. The summed E-state index contributed by atoms with van der Waals surface area (Å²) in [5, 5.41) is 2.79. The summed E-state index contributed by atoms with van der Waals surface area (Å²) in [6.07, 6.45) is 3.73. The number of halogens is 1. The highest BCUT2D eigenvalue weighted by Crippen LogP contribution is 2.29. The summed E-state index contributed by atoms with van der Waals surface area (Å²) in [5.41, 5.74) is 0.876. The molecule has 2 aromatic rings. The minimum Gasteiger partial charge on any atom is -0.495 e. The smallest absolute Gasteiger partial charge is 0.255 e. The number of amides is 1. The van der Waals surface area contributed by atoms with Crippen molar-refractivity contribution in [1.29, 1.82) is 0 Å². The summed E-state index contributed by atoms with van der Waals surface area (Å²) < 4.78 is 34.0.